The van der Waals surface area contributed by atoms with Crippen molar-refractivity contribution in [2.45, 2.75) is 32.8 Å². The highest BCUT2D eigenvalue weighted by atomic mass is 32.1. The van der Waals surface area contributed by atoms with Crippen LogP contribution in [0.15, 0.2) is 42.0 Å². The summed E-state index contributed by atoms with van der Waals surface area (Å²) in [5.41, 5.74) is 3.75. The molecule has 1 aliphatic rings. The second-order valence-corrected chi connectivity index (χ2v) is 8.37. The lowest BCUT2D eigenvalue weighted by molar-refractivity contribution is 0.0807. The van der Waals surface area contributed by atoms with E-state index in [4.69, 9.17) is 9.47 Å². The SMILES string of the molecule is Cc1ccc2cc(OCCC3CCN(C(=O)OCc4cncs4)CC3)ccc2n1. The van der Waals surface area contributed by atoms with Crippen LogP contribution in [0.3, 0.4) is 0 Å². The average Bonchev–Trinajstić information content (AvgIpc) is 3.26. The van der Waals surface area contributed by atoms with Crippen molar-refractivity contribution >= 4 is 28.3 Å². The van der Waals surface area contributed by atoms with Crippen molar-refractivity contribution < 1.29 is 14.3 Å². The van der Waals surface area contributed by atoms with Crippen molar-refractivity contribution in [1.82, 2.24) is 14.9 Å². The molecule has 3 aromatic rings. The number of piperidine rings is 1. The first-order valence-corrected chi connectivity index (χ1v) is 10.8. The first-order chi connectivity index (χ1) is 14.2. The normalized spacial score (nSPS) is 14.9. The Bertz CT molecular complexity index is 953. The summed E-state index contributed by atoms with van der Waals surface area (Å²) in [7, 11) is 0. The largest absolute Gasteiger partial charge is 0.494 e. The fourth-order valence-corrected chi connectivity index (χ4v) is 4.09. The molecule has 29 heavy (non-hydrogen) atoms. The van der Waals surface area contributed by atoms with E-state index in [1.165, 1.54) is 11.3 Å². The van der Waals surface area contributed by atoms with Crippen LogP contribution in [0, 0.1) is 12.8 Å². The van der Waals surface area contributed by atoms with Crippen LogP contribution < -0.4 is 4.74 Å². The standard InChI is InChI=1S/C22H25N3O3S/c1-16-2-3-18-12-19(4-5-21(18)24-16)27-11-8-17-6-9-25(10-7-17)22(26)28-14-20-13-23-15-29-20/h2-5,12-13,15,17H,6-11,14H2,1H3. The van der Waals surface area contributed by atoms with Crippen LogP contribution in [0.2, 0.25) is 0 Å². The molecule has 4 rings (SSSR count). The third kappa shape index (κ3) is 5.23. The number of rotatable bonds is 6. The smallest absolute Gasteiger partial charge is 0.410 e. The molecule has 1 fully saturated rings. The van der Waals surface area contributed by atoms with E-state index in [0.29, 0.717) is 19.1 Å². The Labute approximate surface area is 174 Å². The molecule has 1 saturated heterocycles. The highest BCUT2D eigenvalue weighted by Crippen LogP contribution is 2.24. The lowest BCUT2D eigenvalue weighted by atomic mass is 9.94. The predicted octanol–water partition coefficient (Wildman–Crippen LogP) is 4.82. The van der Waals surface area contributed by atoms with Crippen molar-refractivity contribution in [2.75, 3.05) is 19.7 Å². The Morgan fingerprint density at radius 3 is 2.90 bits per heavy atom. The van der Waals surface area contributed by atoms with Gasteiger partial charge in [0, 0.05) is 30.4 Å². The molecule has 3 heterocycles. The molecule has 1 aromatic carbocycles. The maximum atomic E-state index is 12.2. The Morgan fingerprint density at radius 2 is 2.10 bits per heavy atom. The first kappa shape index (κ1) is 19.6. The summed E-state index contributed by atoms with van der Waals surface area (Å²) in [6.07, 6.45) is 4.47. The molecule has 2 aromatic heterocycles. The summed E-state index contributed by atoms with van der Waals surface area (Å²) in [4.78, 5) is 23.5. The molecule has 1 amide bonds. The second-order valence-electron chi connectivity index (χ2n) is 7.40. The lowest BCUT2D eigenvalue weighted by Crippen LogP contribution is -2.39. The zero-order valence-corrected chi connectivity index (χ0v) is 17.4. The van der Waals surface area contributed by atoms with Gasteiger partial charge >= 0.3 is 6.09 Å². The molecule has 6 nitrogen and oxygen atoms in total. The number of benzene rings is 1. The van der Waals surface area contributed by atoms with E-state index in [1.54, 1.807) is 16.6 Å². The minimum atomic E-state index is -0.229. The number of aryl methyl sites for hydroxylation is 1. The molecule has 0 radical (unpaired) electrons. The number of hydrogen-bond donors (Lipinski definition) is 0. The van der Waals surface area contributed by atoms with Gasteiger partial charge in [0.15, 0.2) is 0 Å². The van der Waals surface area contributed by atoms with Crippen LogP contribution in [-0.4, -0.2) is 40.7 Å². The van der Waals surface area contributed by atoms with Gasteiger partial charge in [0.05, 0.1) is 22.5 Å². The molecule has 0 aliphatic carbocycles. The van der Waals surface area contributed by atoms with E-state index in [2.05, 4.69) is 16.0 Å². The predicted molar refractivity (Wildman–Crippen MR) is 113 cm³/mol. The number of aromatic nitrogens is 2. The Morgan fingerprint density at radius 1 is 1.24 bits per heavy atom. The summed E-state index contributed by atoms with van der Waals surface area (Å²) >= 11 is 1.50. The van der Waals surface area contributed by atoms with Gasteiger partial charge in [0.25, 0.3) is 0 Å². The average molecular weight is 412 g/mol. The maximum absolute atomic E-state index is 12.2. The number of nitrogens with zero attached hydrogens (tertiary/aromatic N) is 3. The highest BCUT2D eigenvalue weighted by molar-refractivity contribution is 7.09. The molecular formula is C22H25N3O3S. The number of amides is 1. The zero-order valence-electron chi connectivity index (χ0n) is 16.5. The number of ether oxygens (including phenoxy) is 2. The zero-order chi connectivity index (χ0) is 20.1. The molecule has 0 saturated carbocycles. The van der Waals surface area contributed by atoms with Gasteiger partial charge in [0.2, 0.25) is 0 Å². The van der Waals surface area contributed by atoms with Crippen LogP contribution in [0.25, 0.3) is 10.9 Å². The summed E-state index contributed by atoms with van der Waals surface area (Å²) in [6, 6.07) is 10.1. The highest BCUT2D eigenvalue weighted by Gasteiger charge is 2.23. The van der Waals surface area contributed by atoms with Crippen molar-refractivity contribution in [2.24, 2.45) is 5.92 Å². The molecule has 0 unspecified atom stereocenters. The number of pyridine rings is 1. The summed E-state index contributed by atoms with van der Waals surface area (Å²) in [5.74, 6) is 1.46. The van der Waals surface area contributed by atoms with E-state index in [1.807, 2.05) is 31.2 Å². The summed E-state index contributed by atoms with van der Waals surface area (Å²) in [5, 5.41) is 1.10. The van der Waals surface area contributed by atoms with E-state index in [-0.39, 0.29) is 6.09 Å². The van der Waals surface area contributed by atoms with Crippen molar-refractivity contribution in [3.05, 3.63) is 52.6 Å². The van der Waals surface area contributed by atoms with Gasteiger partial charge in [-0.25, -0.2) is 4.79 Å². The first-order valence-electron chi connectivity index (χ1n) is 9.96. The minimum Gasteiger partial charge on any atom is -0.494 e. The van der Waals surface area contributed by atoms with Gasteiger partial charge in [-0.3, -0.25) is 9.97 Å². The van der Waals surface area contributed by atoms with Crippen molar-refractivity contribution in [1.29, 1.82) is 0 Å². The Kier molecular flexibility index (Phi) is 6.24. The molecule has 0 bridgehead atoms. The summed E-state index contributed by atoms with van der Waals surface area (Å²) < 4.78 is 11.3. The minimum absolute atomic E-state index is 0.229. The van der Waals surface area contributed by atoms with Gasteiger partial charge in [-0.1, -0.05) is 6.07 Å². The van der Waals surface area contributed by atoms with Crippen LogP contribution in [0.5, 0.6) is 5.75 Å². The van der Waals surface area contributed by atoms with Crippen LogP contribution in [0.4, 0.5) is 4.79 Å². The van der Waals surface area contributed by atoms with Crippen LogP contribution >= 0.6 is 11.3 Å². The number of carbonyl (C=O) groups is 1. The van der Waals surface area contributed by atoms with Crippen molar-refractivity contribution in [3.63, 3.8) is 0 Å². The molecule has 7 heteroatoms. The van der Waals surface area contributed by atoms with E-state index in [9.17, 15) is 4.79 Å². The fraction of sp³-hybridized carbons (Fsp3) is 0.409. The van der Waals surface area contributed by atoms with E-state index >= 15 is 0 Å². The quantitative estimate of drug-likeness (QED) is 0.582. The summed E-state index contributed by atoms with van der Waals surface area (Å²) in [6.45, 7) is 4.47. The van der Waals surface area contributed by atoms with Crippen LogP contribution in [0.1, 0.15) is 29.8 Å². The molecular weight excluding hydrogens is 386 g/mol. The monoisotopic (exact) mass is 411 g/mol. The van der Waals surface area contributed by atoms with Crippen molar-refractivity contribution in [3.8, 4) is 5.75 Å². The van der Waals surface area contributed by atoms with Gasteiger partial charge in [-0.2, -0.15) is 0 Å². The third-order valence-corrected chi connectivity index (χ3v) is 6.04. The number of likely N-dealkylation sites (tertiary alicyclic amines) is 1. The number of fused-ring (bicyclic) bond motifs is 1. The second kappa shape index (κ2) is 9.22. The van der Waals surface area contributed by atoms with Gasteiger partial charge in [0.1, 0.15) is 12.4 Å². The topological polar surface area (TPSA) is 64.5 Å². The molecule has 0 N–H and O–H groups in total. The number of hydrogen-bond acceptors (Lipinski definition) is 6. The molecule has 1 aliphatic heterocycles. The number of thiazole rings is 1. The van der Waals surface area contributed by atoms with E-state index in [0.717, 1.165) is 59.6 Å². The van der Waals surface area contributed by atoms with E-state index < -0.39 is 0 Å². The van der Waals surface area contributed by atoms with Gasteiger partial charge < -0.3 is 14.4 Å². The molecule has 0 atom stereocenters. The third-order valence-electron chi connectivity index (χ3n) is 5.29. The molecule has 152 valence electrons. The maximum Gasteiger partial charge on any atom is 0.410 e. The van der Waals surface area contributed by atoms with Gasteiger partial charge in [-0.15, -0.1) is 11.3 Å². The fourth-order valence-electron chi connectivity index (χ4n) is 3.58. The number of carbonyl (C=O) groups excluding carboxylic acids is 1. The lowest BCUT2D eigenvalue weighted by Gasteiger charge is -2.31. The van der Waals surface area contributed by atoms with Crippen LogP contribution in [-0.2, 0) is 11.3 Å². The Hall–Kier alpha value is -2.67. The molecule has 0 spiro atoms. The Balaban J connectivity index is 1.18. The van der Waals surface area contributed by atoms with Gasteiger partial charge in [-0.05, 0) is 56.4 Å².